The zero-order chi connectivity index (χ0) is 14.7. The number of anilines is 1. The van der Waals surface area contributed by atoms with Crippen molar-refractivity contribution in [3.8, 4) is 0 Å². The number of carbonyl (C=O) groups is 1. The Morgan fingerprint density at radius 1 is 1.25 bits per heavy atom. The summed E-state index contributed by atoms with van der Waals surface area (Å²) in [5.74, 6) is -1.38. The molecule has 5 nitrogen and oxygen atoms in total. The normalized spacial score (nSPS) is 10.1. The van der Waals surface area contributed by atoms with E-state index in [0.29, 0.717) is 5.56 Å². The Labute approximate surface area is 114 Å². The third kappa shape index (κ3) is 2.80. The van der Waals surface area contributed by atoms with Crippen molar-refractivity contribution in [1.29, 1.82) is 0 Å². The van der Waals surface area contributed by atoms with Crippen LogP contribution < -0.4 is 5.32 Å². The Kier molecular flexibility index (Phi) is 3.74. The number of rotatable bonds is 3. The number of halogens is 1. The van der Waals surface area contributed by atoms with E-state index in [1.54, 1.807) is 31.2 Å². The first kappa shape index (κ1) is 13.7. The van der Waals surface area contributed by atoms with Crippen molar-refractivity contribution in [1.82, 2.24) is 0 Å². The van der Waals surface area contributed by atoms with Gasteiger partial charge in [-0.15, -0.1) is 0 Å². The van der Waals surface area contributed by atoms with Gasteiger partial charge in [0, 0.05) is 23.4 Å². The molecule has 1 amide bonds. The van der Waals surface area contributed by atoms with Gasteiger partial charge >= 0.3 is 5.69 Å². The molecule has 1 N–H and O–H groups in total. The summed E-state index contributed by atoms with van der Waals surface area (Å²) in [5, 5.41) is 13.0. The molecule has 0 unspecified atom stereocenters. The van der Waals surface area contributed by atoms with Gasteiger partial charge in [0.25, 0.3) is 5.91 Å². The molecule has 0 aliphatic carbocycles. The molecule has 0 radical (unpaired) electrons. The number of hydrogen-bond acceptors (Lipinski definition) is 3. The fraction of sp³-hybridized carbons (Fsp3) is 0.0714. The highest BCUT2D eigenvalue weighted by Gasteiger charge is 2.15. The van der Waals surface area contributed by atoms with Crippen LogP contribution in [0.15, 0.2) is 42.5 Å². The highest BCUT2D eigenvalue weighted by atomic mass is 19.1. The van der Waals surface area contributed by atoms with Gasteiger partial charge < -0.3 is 5.32 Å². The minimum atomic E-state index is -0.988. The average molecular weight is 274 g/mol. The van der Waals surface area contributed by atoms with Gasteiger partial charge in [-0.1, -0.05) is 18.2 Å². The van der Waals surface area contributed by atoms with E-state index in [1.807, 2.05) is 0 Å². The second-order valence-corrected chi connectivity index (χ2v) is 4.19. The SMILES string of the molecule is Cc1ccccc1C(=O)Nc1ccc([N+](=O)[O-])c(F)c1. The maximum Gasteiger partial charge on any atom is 0.304 e. The lowest BCUT2D eigenvalue weighted by atomic mass is 10.1. The van der Waals surface area contributed by atoms with Crippen LogP contribution in [0.3, 0.4) is 0 Å². The molecule has 0 spiro atoms. The largest absolute Gasteiger partial charge is 0.322 e. The van der Waals surface area contributed by atoms with E-state index in [9.17, 15) is 19.3 Å². The predicted octanol–water partition coefficient (Wildman–Crippen LogP) is 3.29. The van der Waals surface area contributed by atoms with Crippen molar-refractivity contribution >= 4 is 17.3 Å². The number of benzene rings is 2. The number of amides is 1. The number of nitro benzene ring substituents is 1. The zero-order valence-corrected chi connectivity index (χ0v) is 10.6. The van der Waals surface area contributed by atoms with Gasteiger partial charge in [0.1, 0.15) is 0 Å². The molecule has 2 aromatic carbocycles. The third-order valence-corrected chi connectivity index (χ3v) is 2.79. The van der Waals surface area contributed by atoms with Gasteiger partial charge in [0.2, 0.25) is 5.82 Å². The minimum absolute atomic E-state index is 0.168. The third-order valence-electron chi connectivity index (χ3n) is 2.79. The molecule has 0 bridgehead atoms. The lowest BCUT2D eigenvalue weighted by Crippen LogP contribution is -2.13. The van der Waals surface area contributed by atoms with Crippen LogP contribution in [0.25, 0.3) is 0 Å². The molecule has 6 heteroatoms. The van der Waals surface area contributed by atoms with E-state index in [0.717, 1.165) is 17.7 Å². The Hall–Kier alpha value is -2.76. The van der Waals surface area contributed by atoms with Gasteiger partial charge in [-0.05, 0) is 24.6 Å². The topological polar surface area (TPSA) is 72.2 Å². The van der Waals surface area contributed by atoms with E-state index in [4.69, 9.17) is 0 Å². The summed E-state index contributed by atoms with van der Waals surface area (Å²) in [5.41, 5.74) is 0.791. The number of nitrogens with one attached hydrogen (secondary N) is 1. The number of carbonyl (C=O) groups excluding carboxylic acids is 1. The smallest absolute Gasteiger partial charge is 0.304 e. The van der Waals surface area contributed by atoms with Crippen molar-refractivity contribution in [3.05, 3.63) is 69.5 Å². The van der Waals surface area contributed by atoms with E-state index in [1.165, 1.54) is 6.07 Å². The lowest BCUT2D eigenvalue weighted by molar-refractivity contribution is -0.387. The first-order valence-electron chi connectivity index (χ1n) is 5.80. The van der Waals surface area contributed by atoms with E-state index >= 15 is 0 Å². The highest BCUT2D eigenvalue weighted by molar-refractivity contribution is 6.05. The van der Waals surface area contributed by atoms with Crippen LogP contribution in [0, 0.1) is 22.9 Å². The van der Waals surface area contributed by atoms with Crippen LogP contribution in [-0.2, 0) is 0 Å². The van der Waals surface area contributed by atoms with Crippen LogP contribution in [0.1, 0.15) is 15.9 Å². The Morgan fingerprint density at radius 3 is 2.55 bits per heavy atom. The standard InChI is InChI=1S/C14H11FN2O3/c1-9-4-2-3-5-11(9)14(18)16-10-6-7-13(17(19)20)12(15)8-10/h2-8H,1H3,(H,16,18). The van der Waals surface area contributed by atoms with Gasteiger partial charge in [0.15, 0.2) is 0 Å². The van der Waals surface area contributed by atoms with Crippen molar-refractivity contribution in [3.63, 3.8) is 0 Å². The van der Waals surface area contributed by atoms with Gasteiger partial charge in [-0.25, -0.2) is 0 Å². The molecule has 20 heavy (non-hydrogen) atoms. The molecular weight excluding hydrogens is 263 g/mol. The molecular formula is C14H11FN2O3. The van der Waals surface area contributed by atoms with Gasteiger partial charge in [0.05, 0.1) is 4.92 Å². The van der Waals surface area contributed by atoms with Crippen LogP contribution in [0.2, 0.25) is 0 Å². The molecule has 0 aromatic heterocycles. The lowest BCUT2D eigenvalue weighted by Gasteiger charge is -2.07. The summed E-state index contributed by atoms with van der Waals surface area (Å²) in [6.07, 6.45) is 0. The average Bonchev–Trinajstić information content (AvgIpc) is 2.38. The molecule has 0 atom stereocenters. The van der Waals surface area contributed by atoms with E-state index in [2.05, 4.69) is 5.32 Å². The molecule has 0 aliphatic heterocycles. The van der Waals surface area contributed by atoms with Crippen LogP contribution in [0.4, 0.5) is 15.8 Å². The maximum absolute atomic E-state index is 13.4. The second kappa shape index (κ2) is 5.48. The van der Waals surface area contributed by atoms with Gasteiger partial charge in [-0.2, -0.15) is 4.39 Å². The number of aryl methyl sites for hydroxylation is 1. The molecule has 0 aliphatic rings. The van der Waals surface area contributed by atoms with Crippen molar-refractivity contribution in [2.24, 2.45) is 0 Å². The summed E-state index contributed by atoms with van der Waals surface area (Å²) in [6.45, 7) is 1.78. The first-order valence-corrected chi connectivity index (χ1v) is 5.80. The molecule has 0 saturated heterocycles. The van der Waals surface area contributed by atoms with E-state index in [-0.39, 0.29) is 5.69 Å². The Balaban J connectivity index is 2.23. The summed E-state index contributed by atoms with van der Waals surface area (Å²) >= 11 is 0. The fourth-order valence-corrected chi connectivity index (χ4v) is 1.76. The predicted molar refractivity (Wildman–Crippen MR) is 72.2 cm³/mol. The first-order chi connectivity index (χ1) is 9.49. The molecule has 0 heterocycles. The van der Waals surface area contributed by atoms with E-state index < -0.39 is 22.3 Å². The molecule has 2 rings (SSSR count). The number of nitrogens with zero attached hydrogens (tertiary/aromatic N) is 1. The quantitative estimate of drug-likeness (QED) is 0.689. The summed E-state index contributed by atoms with van der Waals surface area (Å²) in [7, 11) is 0. The minimum Gasteiger partial charge on any atom is -0.322 e. The number of hydrogen-bond donors (Lipinski definition) is 1. The van der Waals surface area contributed by atoms with Crippen LogP contribution >= 0.6 is 0 Å². The molecule has 0 saturated carbocycles. The summed E-state index contributed by atoms with van der Waals surface area (Å²) in [4.78, 5) is 21.7. The van der Waals surface area contributed by atoms with Crippen molar-refractivity contribution in [2.45, 2.75) is 6.92 Å². The fourth-order valence-electron chi connectivity index (χ4n) is 1.76. The monoisotopic (exact) mass is 274 g/mol. The van der Waals surface area contributed by atoms with Crippen molar-refractivity contribution < 1.29 is 14.1 Å². The summed E-state index contributed by atoms with van der Waals surface area (Å²) < 4.78 is 13.4. The molecule has 0 fully saturated rings. The van der Waals surface area contributed by atoms with Gasteiger partial charge in [-0.3, -0.25) is 14.9 Å². The molecule has 102 valence electrons. The Bertz CT molecular complexity index is 686. The number of nitro groups is 1. The van der Waals surface area contributed by atoms with Crippen LogP contribution in [-0.4, -0.2) is 10.8 Å². The highest BCUT2D eigenvalue weighted by Crippen LogP contribution is 2.21. The second-order valence-electron chi connectivity index (χ2n) is 4.19. The zero-order valence-electron chi connectivity index (χ0n) is 10.6. The molecule has 2 aromatic rings. The van der Waals surface area contributed by atoms with Crippen LogP contribution in [0.5, 0.6) is 0 Å². The summed E-state index contributed by atoms with van der Waals surface area (Å²) in [6, 6.07) is 10.2. The maximum atomic E-state index is 13.4. The van der Waals surface area contributed by atoms with Crippen molar-refractivity contribution in [2.75, 3.05) is 5.32 Å². The Morgan fingerprint density at radius 2 is 1.95 bits per heavy atom.